The third kappa shape index (κ3) is 3.63. The Hall–Kier alpha value is -3.03. The summed E-state index contributed by atoms with van der Waals surface area (Å²) in [6, 6.07) is 8.22. The number of carbonyl (C=O) groups is 2. The van der Waals surface area contributed by atoms with Gasteiger partial charge in [0.25, 0.3) is 0 Å². The first-order valence-corrected chi connectivity index (χ1v) is 8.41. The molecule has 0 aliphatic carbocycles. The molecule has 1 saturated heterocycles. The van der Waals surface area contributed by atoms with Crippen molar-refractivity contribution in [3.05, 3.63) is 41.8 Å². The number of hydrogen-bond donors (Lipinski definition) is 1. The van der Waals surface area contributed by atoms with Gasteiger partial charge in [0, 0.05) is 24.8 Å². The lowest BCUT2D eigenvalue weighted by Gasteiger charge is -2.39. The van der Waals surface area contributed by atoms with E-state index in [-0.39, 0.29) is 18.5 Å². The minimum atomic E-state index is -0.551. The molecule has 1 fully saturated rings. The van der Waals surface area contributed by atoms with E-state index in [1.807, 2.05) is 24.3 Å². The fraction of sp³-hybridized carbons (Fsp3) is 0.389. The van der Waals surface area contributed by atoms with Crippen molar-refractivity contribution < 1.29 is 18.8 Å². The summed E-state index contributed by atoms with van der Waals surface area (Å²) in [4.78, 5) is 28.4. The van der Waals surface area contributed by atoms with Crippen LogP contribution in [0.2, 0.25) is 0 Å². The fourth-order valence-electron chi connectivity index (χ4n) is 2.94. The molecule has 0 radical (unpaired) electrons. The Labute approximate surface area is 151 Å². The lowest BCUT2D eigenvalue weighted by Crippen LogP contribution is -2.59. The number of nitrogens with zero attached hydrogens (tertiary/aromatic N) is 3. The minimum absolute atomic E-state index is 0.117. The molecule has 3 rings (SSSR count). The topological polar surface area (TPSA) is 87.9 Å². The average molecular weight is 358 g/mol. The Morgan fingerprint density at radius 1 is 1.35 bits per heavy atom. The second-order valence-corrected chi connectivity index (χ2v) is 6.14. The molecule has 138 valence electrons. The van der Waals surface area contributed by atoms with Gasteiger partial charge in [0.1, 0.15) is 23.2 Å². The van der Waals surface area contributed by atoms with Gasteiger partial charge in [-0.1, -0.05) is 5.16 Å². The Bertz CT molecular complexity index is 787. The number of hydrogen-bond acceptors (Lipinski definition) is 5. The molecule has 1 aliphatic heterocycles. The number of anilines is 1. The van der Waals surface area contributed by atoms with Gasteiger partial charge >= 0.3 is 6.03 Å². The van der Waals surface area contributed by atoms with Gasteiger partial charge in [-0.2, -0.15) is 0 Å². The molecule has 2 heterocycles. The van der Waals surface area contributed by atoms with Crippen molar-refractivity contribution in [1.82, 2.24) is 15.4 Å². The first-order chi connectivity index (χ1) is 12.5. The van der Waals surface area contributed by atoms with E-state index >= 15 is 0 Å². The third-order valence-corrected chi connectivity index (χ3v) is 4.40. The first kappa shape index (κ1) is 17.8. The highest BCUT2D eigenvalue weighted by Gasteiger charge is 2.35. The lowest BCUT2D eigenvalue weighted by molar-refractivity contribution is -0.124. The summed E-state index contributed by atoms with van der Waals surface area (Å²) in [6.45, 7) is 4.67. The molecule has 26 heavy (non-hydrogen) atoms. The molecule has 2 aromatic rings. The van der Waals surface area contributed by atoms with Crippen molar-refractivity contribution in [1.29, 1.82) is 0 Å². The van der Waals surface area contributed by atoms with Crippen LogP contribution in [0, 0.1) is 6.92 Å². The maximum Gasteiger partial charge on any atom is 0.318 e. The normalized spacial score (nSPS) is 17.3. The molecule has 1 aliphatic rings. The molecule has 0 saturated carbocycles. The highest BCUT2D eigenvalue weighted by atomic mass is 16.5. The molecular weight excluding hydrogens is 336 g/mol. The SMILES string of the molecule is COc1ccc(N2CCN(C(=O)NCc3cc(C)on3)[C@@H](C)C2=O)cc1. The van der Waals surface area contributed by atoms with E-state index in [0.717, 1.165) is 11.4 Å². The number of amides is 3. The standard InChI is InChI=1S/C18H22N4O4/c1-12-10-14(20-26-12)11-19-18(24)21-8-9-22(17(23)13(21)2)15-4-6-16(25-3)7-5-15/h4-7,10,13H,8-9,11H2,1-3H3,(H,19,24)/t13-/m0/s1. The van der Waals surface area contributed by atoms with E-state index in [4.69, 9.17) is 9.26 Å². The van der Waals surface area contributed by atoms with Gasteiger partial charge in [-0.25, -0.2) is 4.79 Å². The maximum atomic E-state index is 12.7. The van der Waals surface area contributed by atoms with Gasteiger partial charge in [0.15, 0.2) is 0 Å². The number of piperazine rings is 1. The highest BCUT2D eigenvalue weighted by Crippen LogP contribution is 2.23. The molecule has 8 heteroatoms. The predicted octanol–water partition coefficient (Wildman–Crippen LogP) is 1.94. The van der Waals surface area contributed by atoms with E-state index in [2.05, 4.69) is 10.5 Å². The van der Waals surface area contributed by atoms with Crippen LogP contribution in [0.1, 0.15) is 18.4 Å². The Kier molecular flexibility index (Phi) is 5.11. The summed E-state index contributed by atoms with van der Waals surface area (Å²) >= 11 is 0. The molecule has 3 amide bonds. The largest absolute Gasteiger partial charge is 0.497 e. The summed E-state index contributed by atoms with van der Waals surface area (Å²) in [7, 11) is 1.60. The summed E-state index contributed by atoms with van der Waals surface area (Å²) in [5.74, 6) is 1.30. The smallest absolute Gasteiger partial charge is 0.318 e. The first-order valence-electron chi connectivity index (χ1n) is 8.41. The van der Waals surface area contributed by atoms with Gasteiger partial charge < -0.3 is 24.4 Å². The molecule has 0 spiro atoms. The second-order valence-electron chi connectivity index (χ2n) is 6.14. The van der Waals surface area contributed by atoms with Crippen LogP contribution >= 0.6 is 0 Å². The van der Waals surface area contributed by atoms with Gasteiger partial charge in [-0.05, 0) is 38.1 Å². The van der Waals surface area contributed by atoms with Crippen LogP contribution < -0.4 is 15.0 Å². The zero-order chi connectivity index (χ0) is 18.7. The van der Waals surface area contributed by atoms with Crippen LogP contribution in [0.5, 0.6) is 5.75 Å². The monoisotopic (exact) mass is 358 g/mol. The zero-order valence-electron chi connectivity index (χ0n) is 15.1. The quantitative estimate of drug-likeness (QED) is 0.902. The molecule has 1 N–H and O–H groups in total. The second kappa shape index (κ2) is 7.47. The lowest BCUT2D eigenvalue weighted by atomic mass is 10.1. The Morgan fingerprint density at radius 3 is 2.69 bits per heavy atom. The van der Waals surface area contributed by atoms with Crippen LogP contribution in [0.4, 0.5) is 10.5 Å². The number of aromatic nitrogens is 1. The van der Waals surface area contributed by atoms with Crippen LogP contribution in [0.3, 0.4) is 0 Å². The number of aryl methyl sites for hydroxylation is 1. The number of carbonyl (C=O) groups excluding carboxylic acids is 2. The van der Waals surface area contributed by atoms with E-state index in [1.165, 1.54) is 4.90 Å². The molecule has 0 unspecified atom stereocenters. The van der Waals surface area contributed by atoms with Crippen LogP contribution in [-0.4, -0.2) is 48.2 Å². The van der Waals surface area contributed by atoms with Crippen LogP contribution in [-0.2, 0) is 11.3 Å². The summed E-state index contributed by atoms with van der Waals surface area (Å²) in [5, 5.41) is 6.62. The van der Waals surface area contributed by atoms with Crippen LogP contribution in [0.25, 0.3) is 0 Å². The van der Waals surface area contributed by atoms with Gasteiger partial charge in [-0.15, -0.1) is 0 Å². The number of urea groups is 1. The highest BCUT2D eigenvalue weighted by molar-refractivity contribution is 6.00. The maximum absolute atomic E-state index is 12.7. The van der Waals surface area contributed by atoms with Crippen LogP contribution in [0.15, 0.2) is 34.9 Å². The number of ether oxygens (including phenoxy) is 1. The van der Waals surface area contributed by atoms with Gasteiger partial charge in [-0.3, -0.25) is 4.79 Å². The molecule has 1 atom stereocenters. The number of nitrogens with one attached hydrogen (secondary N) is 1. The predicted molar refractivity (Wildman–Crippen MR) is 95.0 cm³/mol. The van der Waals surface area contributed by atoms with Crippen molar-refractivity contribution in [2.75, 3.05) is 25.1 Å². The Morgan fingerprint density at radius 2 is 2.08 bits per heavy atom. The minimum Gasteiger partial charge on any atom is -0.497 e. The molecular formula is C18H22N4O4. The summed E-state index contributed by atoms with van der Waals surface area (Å²) < 4.78 is 10.1. The van der Waals surface area contributed by atoms with Gasteiger partial charge in [0.2, 0.25) is 5.91 Å². The number of methoxy groups -OCH3 is 1. The molecule has 1 aromatic carbocycles. The zero-order valence-corrected chi connectivity index (χ0v) is 15.1. The molecule has 8 nitrogen and oxygen atoms in total. The summed E-state index contributed by atoms with van der Waals surface area (Å²) in [5.41, 5.74) is 1.44. The average Bonchev–Trinajstić information content (AvgIpc) is 3.07. The van der Waals surface area contributed by atoms with Crippen molar-refractivity contribution in [2.45, 2.75) is 26.4 Å². The molecule has 0 bridgehead atoms. The van der Waals surface area contributed by atoms with Crippen molar-refractivity contribution in [3.63, 3.8) is 0 Å². The van der Waals surface area contributed by atoms with E-state index < -0.39 is 6.04 Å². The Balaban J connectivity index is 1.62. The van der Waals surface area contributed by atoms with E-state index in [9.17, 15) is 9.59 Å². The van der Waals surface area contributed by atoms with Crippen molar-refractivity contribution in [3.8, 4) is 5.75 Å². The van der Waals surface area contributed by atoms with Crippen molar-refractivity contribution >= 4 is 17.6 Å². The summed E-state index contributed by atoms with van der Waals surface area (Å²) in [6.07, 6.45) is 0. The molecule has 1 aromatic heterocycles. The van der Waals surface area contributed by atoms with Crippen molar-refractivity contribution in [2.24, 2.45) is 0 Å². The van der Waals surface area contributed by atoms with E-state index in [1.54, 1.807) is 31.9 Å². The fourth-order valence-corrected chi connectivity index (χ4v) is 2.94. The van der Waals surface area contributed by atoms with Gasteiger partial charge in [0.05, 0.1) is 13.7 Å². The number of benzene rings is 1. The number of rotatable bonds is 4. The van der Waals surface area contributed by atoms with E-state index in [0.29, 0.717) is 24.5 Å². The third-order valence-electron chi connectivity index (χ3n) is 4.40.